The summed E-state index contributed by atoms with van der Waals surface area (Å²) >= 11 is 0. The van der Waals surface area contributed by atoms with Crippen molar-refractivity contribution >= 4 is 11.9 Å². The zero-order chi connectivity index (χ0) is 17.8. The van der Waals surface area contributed by atoms with Crippen molar-refractivity contribution in [1.82, 2.24) is 5.32 Å². The minimum absolute atomic E-state index is 0.0945. The maximum absolute atomic E-state index is 12.2. The number of amides is 1. The van der Waals surface area contributed by atoms with Crippen molar-refractivity contribution in [2.45, 2.75) is 12.5 Å². The first kappa shape index (κ1) is 17.0. The number of aliphatic hydroxyl groups excluding tert-OH is 1. The molecule has 6 heteroatoms. The molecule has 1 amide bonds. The Morgan fingerprint density at radius 3 is 2.64 bits per heavy atom. The quantitative estimate of drug-likeness (QED) is 0.811. The molecule has 1 heterocycles. The first-order chi connectivity index (χ1) is 12.1. The van der Waals surface area contributed by atoms with Crippen LogP contribution in [0, 0.1) is 0 Å². The molecular formula is C19H19NO5. The average Bonchev–Trinajstić information content (AvgIpc) is 3.13. The third-order valence-corrected chi connectivity index (χ3v) is 4.12. The van der Waals surface area contributed by atoms with Crippen LogP contribution >= 0.6 is 0 Å². The molecule has 130 valence electrons. The zero-order valence-electron chi connectivity index (χ0n) is 13.8. The number of aliphatic hydroxyl groups is 1. The van der Waals surface area contributed by atoms with E-state index in [0.717, 1.165) is 23.3 Å². The van der Waals surface area contributed by atoms with Gasteiger partial charge in [0.2, 0.25) is 0 Å². The number of nitrogens with one attached hydrogen (secondary N) is 1. The van der Waals surface area contributed by atoms with Gasteiger partial charge in [-0.2, -0.15) is 0 Å². The van der Waals surface area contributed by atoms with Gasteiger partial charge in [0.15, 0.2) is 0 Å². The van der Waals surface area contributed by atoms with E-state index >= 15 is 0 Å². The molecule has 2 N–H and O–H groups in total. The second-order valence-corrected chi connectivity index (χ2v) is 5.76. The topological polar surface area (TPSA) is 84.9 Å². The second-order valence-electron chi connectivity index (χ2n) is 5.76. The van der Waals surface area contributed by atoms with Gasteiger partial charge >= 0.3 is 5.97 Å². The average molecular weight is 341 g/mol. The summed E-state index contributed by atoms with van der Waals surface area (Å²) in [4.78, 5) is 23.5. The van der Waals surface area contributed by atoms with Crippen LogP contribution in [0.15, 0.2) is 42.5 Å². The Labute approximate surface area is 145 Å². The van der Waals surface area contributed by atoms with Gasteiger partial charge in [-0.1, -0.05) is 6.07 Å². The number of benzene rings is 2. The van der Waals surface area contributed by atoms with Gasteiger partial charge in [0, 0.05) is 18.5 Å². The SMILES string of the molecule is COC(=O)c1ccc(C(=O)NC[C@H](O)c2ccc3c(c2)CCO3)cc1. The van der Waals surface area contributed by atoms with E-state index in [1.54, 1.807) is 18.2 Å². The maximum atomic E-state index is 12.2. The van der Waals surface area contributed by atoms with Crippen molar-refractivity contribution in [2.75, 3.05) is 20.3 Å². The van der Waals surface area contributed by atoms with Crippen LogP contribution in [0.1, 0.15) is 37.9 Å². The molecule has 0 aliphatic carbocycles. The maximum Gasteiger partial charge on any atom is 0.337 e. The number of ether oxygens (including phenoxy) is 2. The van der Waals surface area contributed by atoms with E-state index in [1.807, 2.05) is 12.1 Å². The van der Waals surface area contributed by atoms with Crippen molar-refractivity contribution < 1.29 is 24.2 Å². The van der Waals surface area contributed by atoms with Gasteiger partial charge in [-0.3, -0.25) is 4.79 Å². The number of esters is 1. The highest BCUT2D eigenvalue weighted by Crippen LogP contribution is 2.28. The standard InChI is InChI=1S/C19H19NO5/c1-24-19(23)13-4-2-12(3-5-13)18(22)20-11-16(21)14-6-7-17-15(10-14)8-9-25-17/h2-7,10,16,21H,8-9,11H2,1H3,(H,20,22)/t16-/m0/s1. The molecule has 6 nitrogen and oxygen atoms in total. The highest BCUT2D eigenvalue weighted by Gasteiger charge is 2.16. The third-order valence-electron chi connectivity index (χ3n) is 4.12. The van der Waals surface area contributed by atoms with Crippen LogP contribution in [0.3, 0.4) is 0 Å². The molecule has 0 unspecified atom stereocenters. The molecule has 0 radical (unpaired) electrons. The van der Waals surface area contributed by atoms with Gasteiger partial charge in [-0.15, -0.1) is 0 Å². The van der Waals surface area contributed by atoms with Crippen LogP contribution in [0.5, 0.6) is 5.75 Å². The fourth-order valence-electron chi connectivity index (χ4n) is 2.70. The van der Waals surface area contributed by atoms with Crippen LogP contribution in [-0.2, 0) is 11.2 Å². The largest absolute Gasteiger partial charge is 0.493 e. The lowest BCUT2D eigenvalue weighted by molar-refractivity contribution is 0.0600. The van der Waals surface area contributed by atoms with Crippen LogP contribution < -0.4 is 10.1 Å². The molecule has 2 aromatic rings. The van der Waals surface area contributed by atoms with E-state index in [1.165, 1.54) is 19.2 Å². The number of hydrogen-bond donors (Lipinski definition) is 2. The summed E-state index contributed by atoms with van der Waals surface area (Å²) in [7, 11) is 1.30. The molecule has 2 aromatic carbocycles. The van der Waals surface area contributed by atoms with Gasteiger partial charge in [0.1, 0.15) is 5.75 Å². The van der Waals surface area contributed by atoms with E-state index in [4.69, 9.17) is 4.74 Å². The summed E-state index contributed by atoms with van der Waals surface area (Å²) in [6, 6.07) is 11.7. The van der Waals surface area contributed by atoms with Gasteiger partial charge in [0.05, 0.1) is 25.4 Å². The fourth-order valence-corrected chi connectivity index (χ4v) is 2.70. The third kappa shape index (κ3) is 3.80. The molecule has 0 fully saturated rings. The highest BCUT2D eigenvalue weighted by atomic mass is 16.5. The van der Waals surface area contributed by atoms with Crippen LogP contribution in [0.4, 0.5) is 0 Å². The first-order valence-electron chi connectivity index (χ1n) is 7.99. The summed E-state index contributed by atoms with van der Waals surface area (Å²) in [5.74, 6) is 0.0774. The Hall–Kier alpha value is -2.86. The van der Waals surface area contributed by atoms with Crippen molar-refractivity contribution in [2.24, 2.45) is 0 Å². The summed E-state index contributed by atoms with van der Waals surface area (Å²) in [6.07, 6.45) is 0.0265. The minimum Gasteiger partial charge on any atom is -0.493 e. The number of rotatable bonds is 5. The molecule has 0 saturated heterocycles. The lowest BCUT2D eigenvalue weighted by Crippen LogP contribution is -2.28. The zero-order valence-corrected chi connectivity index (χ0v) is 13.8. The summed E-state index contributed by atoms with van der Waals surface area (Å²) in [5.41, 5.74) is 2.59. The molecule has 0 saturated carbocycles. The van der Waals surface area contributed by atoms with Crippen molar-refractivity contribution in [1.29, 1.82) is 0 Å². The Morgan fingerprint density at radius 1 is 1.20 bits per heavy atom. The Balaban J connectivity index is 1.59. The van der Waals surface area contributed by atoms with Crippen LogP contribution in [-0.4, -0.2) is 37.2 Å². The molecule has 0 aromatic heterocycles. The van der Waals surface area contributed by atoms with Crippen molar-refractivity contribution in [3.8, 4) is 5.75 Å². The van der Waals surface area contributed by atoms with Crippen LogP contribution in [0.25, 0.3) is 0 Å². The van der Waals surface area contributed by atoms with Gasteiger partial charge in [-0.05, 0) is 47.5 Å². The van der Waals surface area contributed by atoms with Gasteiger partial charge in [0.25, 0.3) is 5.91 Å². The predicted molar refractivity (Wildman–Crippen MR) is 90.7 cm³/mol. The lowest BCUT2D eigenvalue weighted by atomic mass is 10.0. The summed E-state index contributed by atoms with van der Waals surface area (Å²) in [6.45, 7) is 0.754. The molecule has 1 aliphatic heterocycles. The van der Waals surface area contributed by atoms with E-state index in [9.17, 15) is 14.7 Å². The Bertz CT molecular complexity index is 785. The molecule has 3 rings (SSSR count). The van der Waals surface area contributed by atoms with E-state index in [2.05, 4.69) is 10.1 Å². The second kappa shape index (κ2) is 7.36. The first-order valence-corrected chi connectivity index (χ1v) is 7.99. The van der Waals surface area contributed by atoms with Crippen LogP contribution in [0.2, 0.25) is 0 Å². The molecule has 1 atom stereocenters. The number of methoxy groups -OCH3 is 1. The Kier molecular flexibility index (Phi) is 5.00. The van der Waals surface area contributed by atoms with Crippen molar-refractivity contribution in [3.63, 3.8) is 0 Å². The normalized spacial score (nSPS) is 13.5. The van der Waals surface area contributed by atoms with Crippen molar-refractivity contribution in [3.05, 3.63) is 64.7 Å². The fraction of sp³-hybridized carbons (Fsp3) is 0.263. The number of carbonyl (C=O) groups excluding carboxylic acids is 2. The molecule has 0 spiro atoms. The molecule has 0 bridgehead atoms. The predicted octanol–water partition coefficient (Wildman–Crippen LogP) is 1.87. The highest BCUT2D eigenvalue weighted by molar-refractivity contribution is 5.96. The Morgan fingerprint density at radius 2 is 1.92 bits per heavy atom. The van der Waals surface area contributed by atoms with Gasteiger partial charge < -0.3 is 19.9 Å². The number of carbonyl (C=O) groups is 2. The number of fused-ring (bicyclic) bond motifs is 1. The smallest absolute Gasteiger partial charge is 0.337 e. The molecule has 1 aliphatic rings. The number of hydrogen-bond acceptors (Lipinski definition) is 5. The van der Waals surface area contributed by atoms with E-state index in [0.29, 0.717) is 17.7 Å². The van der Waals surface area contributed by atoms with E-state index < -0.39 is 12.1 Å². The summed E-state index contributed by atoms with van der Waals surface area (Å²) in [5, 5.41) is 13.0. The molecular weight excluding hydrogens is 322 g/mol. The molecule has 25 heavy (non-hydrogen) atoms. The minimum atomic E-state index is -0.802. The lowest BCUT2D eigenvalue weighted by Gasteiger charge is -2.13. The monoisotopic (exact) mass is 341 g/mol. The van der Waals surface area contributed by atoms with Gasteiger partial charge in [-0.25, -0.2) is 4.79 Å². The summed E-state index contributed by atoms with van der Waals surface area (Å²) < 4.78 is 10.1. The van der Waals surface area contributed by atoms with E-state index in [-0.39, 0.29) is 12.5 Å².